The third-order valence-corrected chi connectivity index (χ3v) is 7.91. The largest absolute Gasteiger partial charge is 0.337 e. The summed E-state index contributed by atoms with van der Waals surface area (Å²) in [6.45, 7) is 2.66. The molecule has 0 atom stereocenters. The molecule has 0 amide bonds. The standard InChI is InChI=1S/C18H17ClN3OS3/c1-4-22-15(10-14-20(2)7-8-24-14)26-16(17(22)23)18-21(3)12-9-11(19)5-6-13(12)25-18/h5-10H,4H2,1-3H3/q+1/b18-16+. The molecule has 26 heavy (non-hydrogen) atoms. The molecule has 2 aromatic heterocycles. The van der Waals surface area contributed by atoms with E-state index in [1.54, 1.807) is 34.4 Å². The normalized spacial score (nSPS) is 16.5. The van der Waals surface area contributed by atoms with Crippen LogP contribution in [-0.2, 0) is 13.6 Å². The lowest BCUT2D eigenvalue weighted by Crippen LogP contribution is -2.34. The zero-order chi connectivity index (χ0) is 18.4. The van der Waals surface area contributed by atoms with Crippen molar-refractivity contribution < 1.29 is 4.57 Å². The number of rotatable bonds is 2. The molecular formula is C18H17ClN3OS3+. The molecule has 0 aliphatic carbocycles. The maximum Gasteiger partial charge on any atom is 0.271 e. The molecule has 0 unspecified atom stereocenters. The number of hydrogen-bond donors (Lipinski definition) is 0. The van der Waals surface area contributed by atoms with Gasteiger partial charge in [0.15, 0.2) is 6.20 Å². The lowest BCUT2D eigenvalue weighted by Gasteiger charge is -2.12. The Morgan fingerprint density at radius 2 is 2.15 bits per heavy atom. The molecule has 8 heteroatoms. The van der Waals surface area contributed by atoms with E-state index in [0.29, 0.717) is 11.6 Å². The van der Waals surface area contributed by atoms with E-state index in [0.717, 1.165) is 29.8 Å². The van der Waals surface area contributed by atoms with Crippen LogP contribution in [0.25, 0.3) is 11.1 Å². The van der Waals surface area contributed by atoms with Gasteiger partial charge in [0.25, 0.3) is 10.6 Å². The minimum atomic E-state index is 0.0659. The maximum atomic E-state index is 13.0. The number of nitrogens with zero attached hydrogens (tertiary/aromatic N) is 3. The van der Waals surface area contributed by atoms with Gasteiger partial charge in [0.2, 0.25) is 0 Å². The van der Waals surface area contributed by atoms with Crippen LogP contribution in [0.3, 0.4) is 0 Å². The fraction of sp³-hybridized carbons (Fsp3) is 0.222. The molecule has 0 saturated heterocycles. The molecular weight excluding hydrogens is 406 g/mol. The number of thioether (sulfide) groups is 1. The van der Waals surface area contributed by atoms with Gasteiger partial charge in [-0.05, 0) is 25.1 Å². The van der Waals surface area contributed by atoms with Crippen molar-refractivity contribution in [2.75, 3.05) is 11.9 Å². The Kier molecular flexibility index (Phi) is 4.73. The molecule has 134 valence electrons. The lowest BCUT2D eigenvalue weighted by molar-refractivity contribution is -0.668. The second kappa shape index (κ2) is 6.88. The molecule has 3 heterocycles. The van der Waals surface area contributed by atoms with Gasteiger partial charge in [-0.2, -0.15) is 4.57 Å². The third kappa shape index (κ3) is 2.93. The Balaban J connectivity index is 1.95. The predicted octanol–water partition coefficient (Wildman–Crippen LogP) is 2.61. The van der Waals surface area contributed by atoms with Crippen molar-refractivity contribution in [3.05, 3.63) is 59.4 Å². The molecule has 0 bridgehead atoms. The predicted molar refractivity (Wildman–Crippen MR) is 112 cm³/mol. The number of halogens is 1. The van der Waals surface area contributed by atoms with Crippen molar-refractivity contribution in [3.8, 4) is 0 Å². The molecule has 1 aliphatic rings. The monoisotopic (exact) mass is 422 g/mol. The highest BCUT2D eigenvalue weighted by molar-refractivity contribution is 8.08. The average molecular weight is 423 g/mol. The number of fused-ring (bicyclic) bond motifs is 1. The van der Waals surface area contributed by atoms with Crippen LogP contribution in [0.2, 0.25) is 5.02 Å². The van der Waals surface area contributed by atoms with Gasteiger partial charge in [-0.25, -0.2) is 0 Å². The quantitative estimate of drug-likeness (QED) is 0.594. The van der Waals surface area contributed by atoms with Crippen molar-refractivity contribution in [2.45, 2.75) is 18.4 Å². The van der Waals surface area contributed by atoms with E-state index >= 15 is 0 Å². The number of benzene rings is 1. The second-order valence-corrected chi connectivity index (χ2v) is 9.32. The molecule has 1 aromatic carbocycles. The summed E-state index contributed by atoms with van der Waals surface area (Å²) < 4.78 is 5.66. The summed E-state index contributed by atoms with van der Waals surface area (Å²) in [6.07, 6.45) is 4.11. The fourth-order valence-corrected chi connectivity index (χ4v) is 6.34. The number of hydrogen-bond acceptors (Lipinski definition) is 5. The average Bonchev–Trinajstić information content (AvgIpc) is 3.26. The van der Waals surface area contributed by atoms with Crippen molar-refractivity contribution >= 4 is 62.8 Å². The SMILES string of the molecule is CCn1c(=O)/c(=C2\Sc3ccc(Cl)cc3N2C)s/c1=C\c1scc[n+]1C. The van der Waals surface area contributed by atoms with Gasteiger partial charge in [-0.1, -0.05) is 34.7 Å². The van der Waals surface area contributed by atoms with E-state index in [9.17, 15) is 4.79 Å². The van der Waals surface area contributed by atoms with Crippen molar-refractivity contribution in [3.63, 3.8) is 0 Å². The first-order valence-electron chi connectivity index (χ1n) is 8.09. The first-order valence-corrected chi connectivity index (χ1v) is 11.0. The molecule has 0 saturated carbocycles. The Bertz CT molecular complexity index is 1180. The minimum Gasteiger partial charge on any atom is -0.337 e. The molecule has 0 N–H and O–H groups in total. The van der Waals surface area contributed by atoms with Crippen LogP contribution < -0.4 is 24.2 Å². The van der Waals surface area contributed by atoms with E-state index in [1.165, 1.54) is 0 Å². The van der Waals surface area contributed by atoms with Crippen LogP contribution in [0.4, 0.5) is 5.69 Å². The Morgan fingerprint density at radius 1 is 1.35 bits per heavy atom. The van der Waals surface area contributed by atoms with Gasteiger partial charge in [0, 0.05) is 23.5 Å². The molecule has 4 rings (SSSR count). The van der Waals surface area contributed by atoms with Gasteiger partial charge in [-0.15, -0.1) is 11.3 Å². The third-order valence-electron chi connectivity index (χ3n) is 4.28. The molecule has 0 fully saturated rings. The number of aromatic nitrogens is 2. The van der Waals surface area contributed by atoms with Crippen LogP contribution in [-0.4, -0.2) is 11.6 Å². The Morgan fingerprint density at radius 3 is 2.85 bits per heavy atom. The van der Waals surface area contributed by atoms with Crippen molar-refractivity contribution in [1.82, 2.24) is 4.57 Å². The van der Waals surface area contributed by atoms with Gasteiger partial charge >= 0.3 is 0 Å². The summed E-state index contributed by atoms with van der Waals surface area (Å²) in [7, 11) is 4.00. The number of anilines is 1. The first kappa shape index (κ1) is 17.9. The Hall–Kier alpha value is -1.54. The number of aryl methyl sites for hydroxylation is 1. The van der Waals surface area contributed by atoms with Gasteiger partial charge in [-0.3, -0.25) is 9.36 Å². The topological polar surface area (TPSA) is 29.1 Å². The lowest BCUT2D eigenvalue weighted by atomic mass is 10.3. The van der Waals surface area contributed by atoms with Crippen LogP contribution in [0.5, 0.6) is 0 Å². The summed E-state index contributed by atoms with van der Waals surface area (Å²) in [5.74, 6) is 0. The zero-order valence-corrected chi connectivity index (χ0v) is 17.7. The van der Waals surface area contributed by atoms with E-state index in [1.807, 2.05) is 55.4 Å². The second-order valence-electron chi connectivity index (χ2n) is 5.89. The van der Waals surface area contributed by atoms with Gasteiger partial charge < -0.3 is 4.90 Å². The summed E-state index contributed by atoms with van der Waals surface area (Å²) in [5, 5.41) is 4.83. The van der Waals surface area contributed by atoms with Crippen LogP contribution in [0.15, 0.2) is 39.5 Å². The highest BCUT2D eigenvalue weighted by Crippen LogP contribution is 2.46. The summed E-state index contributed by atoms with van der Waals surface area (Å²) in [4.78, 5) is 16.2. The van der Waals surface area contributed by atoms with Crippen molar-refractivity contribution in [2.24, 2.45) is 7.05 Å². The highest BCUT2D eigenvalue weighted by atomic mass is 35.5. The van der Waals surface area contributed by atoms with Crippen LogP contribution in [0, 0.1) is 0 Å². The molecule has 0 radical (unpaired) electrons. The summed E-state index contributed by atoms with van der Waals surface area (Å²) in [5.41, 5.74) is 1.11. The maximum absolute atomic E-state index is 13.0. The first-order chi connectivity index (χ1) is 12.5. The molecule has 1 aliphatic heterocycles. The van der Waals surface area contributed by atoms with E-state index < -0.39 is 0 Å². The number of thiazole rings is 2. The molecule has 3 aromatic rings. The zero-order valence-electron chi connectivity index (χ0n) is 14.5. The summed E-state index contributed by atoms with van der Waals surface area (Å²) in [6, 6.07) is 5.84. The molecule has 0 spiro atoms. The van der Waals surface area contributed by atoms with E-state index in [2.05, 4.69) is 15.5 Å². The van der Waals surface area contributed by atoms with Crippen LogP contribution >= 0.6 is 46.0 Å². The van der Waals surface area contributed by atoms with Crippen molar-refractivity contribution in [1.29, 1.82) is 0 Å². The molecule has 4 nitrogen and oxygen atoms in total. The highest BCUT2D eigenvalue weighted by Gasteiger charge is 2.25. The van der Waals surface area contributed by atoms with E-state index in [-0.39, 0.29) is 5.56 Å². The van der Waals surface area contributed by atoms with E-state index in [4.69, 9.17) is 11.6 Å². The summed E-state index contributed by atoms with van der Waals surface area (Å²) >= 11 is 11.0. The van der Waals surface area contributed by atoms with Crippen LogP contribution in [0.1, 0.15) is 11.9 Å². The van der Waals surface area contributed by atoms with Gasteiger partial charge in [0.05, 0.1) is 17.1 Å². The Labute approximate surface area is 168 Å². The smallest absolute Gasteiger partial charge is 0.271 e. The van der Waals surface area contributed by atoms with Gasteiger partial charge in [0.1, 0.15) is 21.3 Å². The fourth-order valence-electron chi connectivity index (χ4n) is 2.88. The minimum absolute atomic E-state index is 0.0659.